The van der Waals surface area contributed by atoms with E-state index in [1.807, 2.05) is 32.0 Å². The lowest BCUT2D eigenvalue weighted by molar-refractivity contribution is 0.0988. The number of sulfonamides is 1. The van der Waals surface area contributed by atoms with Gasteiger partial charge in [-0.25, -0.2) is 8.42 Å². The normalized spacial score (nSPS) is 12.9. The Morgan fingerprint density at radius 1 is 1.00 bits per heavy atom. The number of carbonyl (C=O) groups excluding carboxylic acids is 1. The van der Waals surface area contributed by atoms with Gasteiger partial charge in [0.2, 0.25) is 0 Å². The molecular formula is C25H26N2O5S. The molecule has 3 aromatic rings. The molecule has 1 aliphatic rings. The fraction of sp³-hybridized carbons (Fsp3) is 0.240. The summed E-state index contributed by atoms with van der Waals surface area (Å²) in [4.78, 5) is 15.0. The number of hydrogen-bond donors (Lipinski definition) is 1. The molecule has 0 aromatic heterocycles. The van der Waals surface area contributed by atoms with Crippen molar-refractivity contribution in [3.8, 4) is 17.2 Å². The summed E-state index contributed by atoms with van der Waals surface area (Å²) in [5, 5.41) is 0. The van der Waals surface area contributed by atoms with E-state index in [-0.39, 0.29) is 22.1 Å². The summed E-state index contributed by atoms with van der Waals surface area (Å²) in [7, 11) is -3.87. The molecule has 0 aliphatic carbocycles. The zero-order valence-corrected chi connectivity index (χ0v) is 19.6. The van der Waals surface area contributed by atoms with Crippen LogP contribution in [0.2, 0.25) is 0 Å². The molecule has 0 spiro atoms. The zero-order chi connectivity index (χ0) is 23.6. The second kappa shape index (κ2) is 9.15. The monoisotopic (exact) mass is 466 g/mol. The molecule has 0 bridgehead atoms. The molecule has 0 unspecified atom stereocenters. The highest BCUT2D eigenvalue weighted by atomic mass is 32.2. The molecule has 0 saturated heterocycles. The number of aryl methyl sites for hydroxylation is 1. The summed E-state index contributed by atoms with van der Waals surface area (Å²) in [6.45, 7) is 6.70. The number of anilines is 2. The predicted molar refractivity (Wildman–Crippen MR) is 128 cm³/mol. The van der Waals surface area contributed by atoms with Gasteiger partial charge in [-0.2, -0.15) is 0 Å². The van der Waals surface area contributed by atoms with Crippen LogP contribution >= 0.6 is 0 Å². The van der Waals surface area contributed by atoms with Gasteiger partial charge in [-0.15, -0.1) is 0 Å². The molecule has 3 aromatic carbocycles. The van der Waals surface area contributed by atoms with E-state index in [1.165, 1.54) is 12.1 Å². The first-order valence-corrected chi connectivity index (χ1v) is 12.3. The minimum absolute atomic E-state index is 0.115. The number of amides is 1. The topological polar surface area (TPSA) is 84.9 Å². The number of rotatable bonds is 7. The van der Waals surface area contributed by atoms with Gasteiger partial charge in [0.05, 0.1) is 22.8 Å². The van der Waals surface area contributed by atoms with Gasteiger partial charge >= 0.3 is 0 Å². The number of fused-ring (bicyclic) bond motifs is 2. The SMILES string of the molecule is CCCOc1ccc(S(=O)(=O)Nc2ccc3c(c2)C(=O)N(CC)c2ccccc2O3)cc1C. The Hall–Kier alpha value is -3.52. The third kappa shape index (κ3) is 4.52. The molecule has 1 N–H and O–H groups in total. The minimum Gasteiger partial charge on any atom is -0.493 e. The quantitative estimate of drug-likeness (QED) is 0.507. The molecule has 0 saturated carbocycles. The lowest BCUT2D eigenvalue weighted by atomic mass is 10.1. The predicted octanol–water partition coefficient (Wildman–Crippen LogP) is 5.36. The van der Waals surface area contributed by atoms with Crippen molar-refractivity contribution in [2.75, 3.05) is 22.8 Å². The van der Waals surface area contributed by atoms with Crippen LogP contribution < -0.4 is 19.1 Å². The van der Waals surface area contributed by atoms with E-state index in [9.17, 15) is 13.2 Å². The van der Waals surface area contributed by atoms with Crippen molar-refractivity contribution in [2.45, 2.75) is 32.1 Å². The van der Waals surface area contributed by atoms with Crippen LogP contribution in [-0.4, -0.2) is 27.5 Å². The zero-order valence-electron chi connectivity index (χ0n) is 18.8. The number of para-hydroxylation sites is 2. The van der Waals surface area contributed by atoms with Crippen LogP contribution in [0.3, 0.4) is 0 Å². The van der Waals surface area contributed by atoms with Crippen molar-refractivity contribution in [3.63, 3.8) is 0 Å². The average Bonchev–Trinajstić information content (AvgIpc) is 2.91. The van der Waals surface area contributed by atoms with Gasteiger partial charge < -0.3 is 14.4 Å². The maximum atomic E-state index is 13.2. The Labute approximate surface area is 194 Å². The van der Waals surface area contributed by atoms with Crippen molar-refractivity contribution in [3.05, 3.63) is 71.8 Å². The highest BCUT2D eigenvalue weighted by Gasteiger charge is 2.28. The van der Waals surface area contributed by atoms with Crippen molar-refractivity contribution in [1.29, 1.82) is 0 Å². The van der Waals surface area contributed by atoms with Crippen LogP contribution in [-0.2, 0) is 10.0 Å². The van der Waals surface area contributed by atoms with Crippen molar-refractivity contribution < 1.29 is 22.7 Å². The van der Waals surface area contributed by atoms with Crippen molar-refractivity contribution >= 4 is 27.3 Å². The summed E-state index contributed by atoms with van der Waals surface area (Å²) in [5.41, 5.74) is 1.96. The van der Waals surface area contributed by atoms with E-state index in [0.29, 0.717) is 36.1 Å². The van der Waals surface area contributed by atoms with E-state index in [4.69, 9.17) is 9.47 Å². The third-order valence-electron chi connectivity index (χ3n) is 5.32. The van der Waals surface area contributed by atoms with Crippen LogP contribution in [0, 0.1) is 6.92 Å². The van der Waals surface area contributed by atoms with Crippen LogP contribution in [0.5, 0.6) is 17.2 Å². The van der Waals surface area contributed by atoms with Crippen molar-refractivity contribution in [1.82, 2.24) is 0 Å². The van der Waals surface area contributed by atoms with Crippen LogP contribution in [0.4, 0.5) is 11.4 Å². The average molecular weight is 467 g/mol. The first-order chi connectivity index (χ1) is 15.8. The molecule has 1 amide bonds. The number of hydrogen-bond acceptors (Lipinski definition) is 5. The van der Waals surface area contributed by atoms with Gasteiger partial charge in [0.15, 0.2) is 5.75 Å². The molecule has 7 nitrogen and oxygen atoms in total. The van der Waals surface area contributed by atoms with Crippen LogP contribution in [0.15, 0.2) is 65.6 Å². The van der Waals surface area contributed by atoms with E-state index in [0.717, 1.165) is 12.0 Å². The standard InChI is InChI=1S/C25H26N2O5S/c1-4-14-31-22-13-11-19(15-17(22)3)33(29,30)26-18-10-12-23-20(16-18)25(28)27(5-2)21-8-6-7-9-24(21)32-23/h6-13,15-16,26H,4-5,14H2,1-3H3. The molecule has 8 heteroatoms. The van der Waals surface area contributed by atoms with E-state index in [1.54, 1.807) is 42.2 Å². The summed E-state index contributed by atoms with van der Waals surface area (Å²) >= 11 is 0. The van der Waals surface area contributed by atoms with Gasteiger partial charge in [-0.05, 0) is 74.4 Å². The van der Waals surface area contributed by atoms with Crippen molar-refractivity contribution in [2.24, 2.45) is 0 Å². The fourth-order valence-corrected chi connectivity index (χ4v) is 4.81. The van der Waals surface area contributed by atoms with Gasteiger partial charge in [0.25, 0.3) is 15.9 Å². The lowest BCUT2D eigenvalue weighted by Gasteiger charge is -2.20. The lowest BCUT2D eigenvalue weighted by Crippen LogP contribution is -2.29. The number of benzene rings is 3. The second-order valence-electron chi connectivity index (χ2n) is 7.71. The van der Waals surface area contributed by atoms with E-state index >= 15 is 0 Å². The highest BCUT2D eigenvalue weighted by molar-refractivity contribution is 7.92. The van der Waals surface area contributed by atoms with Gasteiger partial charge in [-0.1, -0.05) is 19.1 Å². The molecule has 1 heterocycles. The van der Waals surface area contributed by atoms with E-state index < -0.39 is 10.0 Å². The Morgan fingerprint density at radius 3 is 2.52 bits per heavy atom. The summed E-state index contributed by atoms with van der Waals surface area (Å²) in [6, 6.07) is 16.7. The summed E-state index contributed by atoms with van der Waals surface area (Å²) in [5.74, 6) is 1.34. The van der Waals surface area contributed by atoms with E-state index in [2.05, 4.69) is 4.72 Å². The minimum atomic E-state index is -3.87. The Bertz CT molecular complexity index is 1300. The number of carbonyl (C=O) groups is 1. The smallest absolute Gasteiger partial charge is 0.262 e. The molecule has 0 fully saturated rings. The largest absolute Gasteiger partial charge is 0.493 e. The maximum Gasteiger partial charge on any atom is 0.262 e. The summed E-state index contributed by atoms with van der Waals surface area (Å²) < 4.78 is 40.2. The molecule has 0 radical (unpaired) electrons. The maximum absolute atomic E-state index is 13.2. The Balaban J connectivity index is 1.64. The van der Waals surface area contributed by atoms with Gasteiger partial charge in [0.1, 0.15) is 11.5 Å². The molecule has 4 rings (SSSR count). The Morgan fingerprint density at radius 2 is 1.79 bits per heavy atom. The Kier molecular flexibility index (Phi) is 6.29. The second-order valence-corrected chi connectivity index (χ2v) is 9.39. The van der Waals surface area contributed by atoms with Gasteiger partial charge in [-0.3, -0.25) is 9.52 Å². The van der Waals surface area contributed by atoms with Gasteiger partial charge in [0, 0.05) is 12.2 Å². The first kappa shape index (κ1) is 22.7. The number of ether oxygens (including phenoxy) is 2. The molecule has 172 valence electrons. The third-order valence-corrected chi connectivity index (χ3v) is 6.70. The highest BCUT2D eigenvalue weighted by Crippen LogP contribution is 2.39. The van der Waals surface area contributed by atoms with Crippen LogP contribution in [0.25, 0.3) is 0 Å². The summed E-state index contributed by atoms with van der Waals surface area (Å²) in [6.07, 6.45) is 0.863. The molecule has 0 atom stereocenters. The molecule has 1 aliphatic heterocycles. The number of nitrogens with one attached hydrogen (secondary N) is 1. The fourth-order valence-electron chi connectivity index (χ4n) is 3.68. The molecular weight excluding hydrogens is 440 g/mol. The first-order valence-electron chi connectivity index (χ1n) is 10.8. The molecule has 33 heavy (non-hydrogen) atoms. The van der Waals surface area contributed by atoms with Crippen LogP contribution in [0.1, 0.15) is 36.2 Å². The number of nitrogens with zero attached hydrogens (tertiary/aromatic N) is 1.